The third-order valence-electron chi connectivity index (χ3n) is 5.44. The number of benzene rings is 3. The van der Waals surface area contributed by atoms with Crippen LogP contribution in [0.2, 0.25) is 10.0 Å². The van der Waals surface area contributed by atoms with Gasteiger partial charge in [0.15, 0.2) is 0 Å². The second-order valence-corrected chi connectivity index (χ2v) is 7.98. The molecule has 0 N–H and O–H groups in total. The lowest BCUT2D eigenvalue weighted by Crippen LogP contribution is -2.34. The van der Waals surface area contributed by atoms with Gasteiger partial charge in [0, 0.05) is 12.2 Å². The lowest BCUT2D eigenvalue weighted by molar-refractivity contribution is -0.120. The van der Waals surface area contributed by atoms with Crippen molar-refractivity contribution in [1.29, 1.82) is 0 Å². The molecule has 2 heterocycles. The molecule has 30 heavy (non-hydrogen) atoms. The quantitative estimate of drug-likeness (QED) is 0.522. The molecule has 0 saturated heterocycles. The van der Waals surface area contributed by atoms with Crippen LogP contribution in [-0.2, 0) is 16.0 Å². The number of imide groups is 1. The Labute approximate surface area is 183 Å². The Hall–Kier alpha value is -3.08. The lowest BCUT2D eigenvalue weighted by Gasteiger charge is -2.22. The van der Waals surface area contributed by atoms with Gasteiger partial charge in [0.1, 0.15) is 5.70 Å². The summed E-state index contributed by atoms with van der Waals surface area (Å²) in [6.45, 7) is 0.638. The summed E-state index contributed by atoms with van der Waals surface area (Å²) in [5.41, 5.74) is 4.00. The predicted molar refractivity (Wildman–Crippen MR) is 120 cm³/mol. The SMILES string of the molecule is O=C1C(c2ccccc2)=C(N2CCc3ccccc32)C(=O)N1c1ccc(Cl)c(Cl)c1. The summed E-state index contributed by atoms with van der Waals surface area (Å²) >= 11 is 12.2. The molecular weight excluding hydrogens is 419 g/mol. The van der Waals surface area contributed by atoms with E-state index in [1.807, 2.05) is 53.4 Å². The van der Waals surface area contributed by atoms with E-state index in [1.165, 1.54) is 4.90 Å². The lowest BCUT2D eigenvalue weighted by atomic mass is 10.0. The molecule has 2 amide bonds. The molecule has 0 aromatic heterocycles. The zero-order valence-corrected chi connectivity index (χ0v) is 17.3. The molecule has 3 aromatic rings. The molecule has 0 bridgehead atoms. The van der Waals surface area contributed by atoms with Gasteiger partial charge in [-0.05, 0) is 41.8 Å². The molecule has 2 aliphatic heterocycles. The molecule has 0 fully saturated rings. The van der Waals surface area contributed by atoms with Crippen LogP contribution in [0.25, 0.3) is 5.57 Å². The number of rotatable bonds is 3. The number of hydrogen-bond donors (Lipinski definition) is 0. The largest absolute Gasteiger partial charge is 0.336 e. The Kier molecular flexibility index (Phi) is 4.61. The van der Waals surface area contributed by atoms with Crippen molar-refractivity contribution in [1.82, 2.24) is 0 Å². The van der Waals surface area contributed by atoms with E-state index >= 15 is 0 Å². The maximum Gasteiger partial charge on any atom is 0.282 e. The molecule has 0 radical (unpaired) electrons. The molecule has 6 heteroatoms. The van der Waals surface area contributed by atoms with Crippen LogP contribution in [0.4, 0.5) is 11.4 Å². The molecule has 3 aromatic carbocycles. The maximum atomic E-state index is 13.6. The molecular formula is C24H16Cl2N2O2. The van der Waals surface area contributed by atoms with Crippen LogP contribution < -0.4 is 9.80 Å². The molecule has 0 unspecified atom stereocenters. The van der Waals surface area contributed by atoms with Gasteiger partial charge in [-0.3, -0.25) is 9.59 Å². The maximum absolute atomic E-state index is 13.6. The van der Waals surface area contributed by atoms with Gasteiger partial charge in [0.05, 0.1) is 21.3 Å². The summed E-state index contributed by atoms with van der Waals surface area (Å²) in [4.78, 5) is 30.3. The molecule has 0 aliphatic carbocycles. The average Bonchev–Trinajstić information content (AvgIpc) is 3.29. The van der Waals surface area contributed by atoms with Crippen LogP contribution in [0.5, 0.6) is 0 Å². The first-order valence-corrected chi connectivity index (χ1v) is 10.3. The van der Waals surface area contributed by atoms with E-state index in [-0.39, 0.29) is 16.8 Å². The smallest absolute Gasteiger partial charge is 0.282 e. The number of amides is 2. The number of carbonyl (C=O) groups excluding carboxylic acids is 2. The average molecular weight is 435 g/mol. The highest BCUT2D eigenvalue weighted by atomic mass is 35.5. The number of carbonyl (C=O) groups is 2. The predicted octanol–water partition coefficient (Wildman–Crippen LogP) is 5.34. The van der Waals surface area contributed by atoms with Crippen molar-refractivity contribution in [3.05, 3.63) is 99.7 Å². The fraction of sp³-hybridized carbons (Fsp3) is 0.0833. The highest BCUT2D eigenvalue weighted by Crippen LogP contribution is 2.40. The third-order valence-corrected chi connectivity index (χ3v) is 6.18. The van der Waals surface area contributed by atoms with Gasteiger partial charge in [-0.2, -0.15) is 0 Å². The summed E-state index contributed by atoms with van der Waals surface area (Å²) < 4.78 is 0. The van der Waals surface area contributed by atoms with Crippen molar-refractivity contribution in [2.24, 2.45) is 0 Å². The number of hydrogen-bond acceptors (Lipinski definition) is 3. The monoisotopic (exact) mass is 434 g/mol. The summed E-state index contributed by atoms with van der Waals surface area (Å²) in [6.07, 6.45) is 0.815. The van der Waals surface area contributed by atoms with E-state index in [0.717, 1.165) is 17.7 Å². The zero-order chi connectivity index (χ0) is 20.8. The van der Waals surface area contributed by atoms with Crippen LogP contribution in [0.1, 0.15) is 11.1 Å². The van der Waals surface area contributed by atoms with Gasteiger partial charge in [-0.25, -0.2) is 4.90 Å². The topological polar surface area (TPSA) is 40.6 Å². The van der Waals surface area contributed by atoms with Crippen LogP contribution in [0.15, 0.2) is 78.5 Å². The van der Waals surface area contributed by atoms with E-state index in [4.69, 9.17) is 23.2 Å². The summed E-state index contributed by atoms with van der Waals surface area (Å²) in [5, 5.41) is 0.653. The fourth-order valence-electron chi connectivity index (χ4n) is 4.06. The molecule has 2 aliphatic rings. The van der Waals surface area contributed by atoms with Crippen LogP contribution in [-0.4, -0.2) is 18.4 Å². The van der Waals surface area contributed by atoms with Crippen molar-refractivity contribution in [3.8, 4) is 0 Å². The number of anilines is 2. The number of halogens is 2. The Bertz CT molecular complexity index is 1220. The van der Waals surface area contributed by atoms with Gasteiger partial charge in [0.2, 0.25) is 0 Å². The third kappa shape index (κ3) is 2.92. The summed E-state index contributed by atoms with van der Waals surface area (Å²) in [7, 11) is 0. The minimum absolute atomic E-state index is 0.288. The Balaban J connectivity index is 1.68. The van der Waals surface area contributed by atoms with Gasteiger partial charge in [-0.1, -0.05) is 71.7 Å². The molecule has 5 rings (SSSR count). The first-order chi connectivity index (χ1) is 14.6. The van der Waals surface area contributed by atoms with Gasteiger partial charge in [0.25, 0.3) is 11.8 Å². The minimum Gasteiger partial charge on any atom is -0.336 e. The van der Waals surface area contributed by atoms with E-state index in [2.05, 4.69) is 6.07 Å². The second-order valence-electron chi connectivity index (χ2n) is 7.16. The fourth-order valence-corrected chi connectivity index (χ4v) is 4.36. The molecule has 148 valence electrons. The number of para-hydroxylation sites is 1. The zero-order valence-electron chi connectivity index (χ0n) is 15.8. The minimum atomic E-state index is -0.371. The molecule has 4 nitrogen and oxygen atoms in total. The Morgan fingerprint density at radius 3 is 2.27 bits per heavy atom. The van der Waals surface area contributed by atoms with E-state index < -0.39 is 0 Å². The van der Waals surface area contributed by atoms with Crippen molar-refractivity contribution < 1.29 is 9.59 Å². The van der Waals surface area contributed by atoms with Crippen molar-refractivity contribution in [3.63, 3.8) is 0 Å². The summed E-state index contributed by atoms with van der Waals surface area (Å²) in [6, 6.07) is 22.0. The Morgan fingerprint density at radius 2 is 1.50 bits per heavy atom. The highest BCUT2D eigenvalue weighted by molar-refractivity contribution is 6.47. The normalized spacial score (nSPS) is 15.9. The van der Waals surface area contributed by atoms with Crippen LogP contribution in [0, 0.1) is 0 Å². The first-order valence-electron chi connectivity index (χ1n) is 9.55. The first kappa shape index (κ1) is 18.9. The molecule has 0 atom stereocenters. The van der Waals surface area contributed by atoms with Crippen molar-refractivity contribution >= 4 is 52.0 Å². The Morgan fingerprint density at radius 1 is 0.767 bits per heavy atom. The second kappa shape index (κ2) is 7.31. The van der Waals surface area contributed by atoms with Crippen molar-refractivity contribution in [2.75, 3.05) is 16.3 Å². The highest BCUT2D eigenvalue weighted by Gasteiger charge is 2.44. The molecule has 0 saturated carbocycles. The summed E-state index contributed by atoms with van der Waals surface area (Å²) in [5.74, 6) is -0.738. The van der Waals surface area contributed by atoms with E-state index in [0.29, 0.717) is 34.1 Å². The van der Waals surface area contributed by atoms with Gasteiger partial charge >= 0.3 is 0 Å². The van der Waals surface area contributed by atoms with Crippen LogP contribution in [0.3, 0.4) is 0 Å². The standard InChI is InChI=1S/C24H16Cl2N2O2/c25-18-11-10-17(14-19(18)26)28-23(29)21(16-7-2-1-3-8-16)22(24(28)30)27-13-12-15-6-4-5-9-20(15)27/h1-11,14H,12-13H2. The number of fused-ring (bicyclic) bond motifs is 1. The van der Waals surface area contributed by atoms with Crippen molar-refractivity contribution in [2.45, 2.75) is 6.42 Å². The van der Waals surface area contributed by atoms with E-state index in [1.54, 1.807) is 18.2 Å². The van der Waals surface area contributed by atoms with Crippen LogP contribution >= 0.6 is 23.2 Å². The molecule has 0 spiro atoms. The van der Waals surface area contributed by atoms with E-state index in [9.17, 15) is 9.59 Å². The van der Waals surface area contributed by atoms with Gasteiger partial charge in [-0.15, -0.1) is 0 Å². The van der Waals surface area contributed by atoms with Gasteiger partial charge < -0.3 is 4.90 Å². The number of nitrogens with zero attached hydrogens (tertiary/aromatic N) is 2.